The molecular formula is C19H20F3N5O2. The van der Waals surface area contributed by atoms with Gasteiger partial charge in [0.15, 0.2) is 11.6 Å². The number of aromatic nitrogens is 2. The number of carbonyl (C=O) groups is 1. The average molecular weight is 407 g/mol. The number of benzene rings is 1. The first-order chi connectivity index (χ1) is 13.8. The molecule has 1 atom stereocenters. The monoisotopic (exact) mass is 407 g/mol. The van der Waals surface area contributed by atoms with Gasteiger partial charge in [0.05, 0.1) is 18.2 Å². The second-order valence-corrected chi connectivity index (χ2v) is 6.45. The van der Waals surface area contributed by atoms with Gasteiger partial charge in [0, 0.05) is 37.7 Å². The summed E-state index contributed by atoms with van der Waals surface area (Å²) in [4.78, 5) is 23.9. The summed E-state index contributed by atoms with van der Waals surface area (Å²) in [5.41, 5.74) is -0.310. The molecule has 0 bridgehead atoms. The molecule has 0 spiro atoms. The Balaban J connectivity index is 1.79. The van der Waals surface area contributed by atoms with Gasteiger partial charge in [0.1, 0.15) is 0 Å². The lowest BCUT2D eigenvalue weighted by Gasteiger charge is -2.41. The van der Waals surface area contributed by atoms with Crippen LogP contribution >= 0.6 is 0 Å². The number of piperazine rings is 1. The van der Waals surface area contributed by atoms with Crippen molar-refractivity contribution < 1.29 is 23.1 Å². The van der Waals surface area contributed by atoms with Gasteiger partial charge in [-0.3, -0.25) is 4.79 Å². The highest BCUT2D eigenvalue weighted by atomic mass is 19.4. The Kier molecular flexibility index (Phi) is 6.02. The molecule has 0 radical (unpaired) electrons. The van der Waals surface area contributed by atoms with Crippen molar-refractivity contribution in [2.75, 3.05) is 36.5 Å². The van der Waals surface area contributed by atoms with Crippen molar-refractivity contribution in [3.8, 4) is 0 Å². The second-order valence-electron chi connectivity index (χ2n) is 6.45. The van der Waals surface area contributed by atoms with Gasteiger partial charge in [-0.15, -0.1) is 0 Å². The third kappa shape index (κ3) is 4.65. The Hall–Kier alpha value is -3.14. The Morgan fingerprint density at radius 1 is 1.24 bits per heavy atom. The summed E-state index contributed by atoms with van der Waals surface area (Å²) in [6.07, 6.45) is -0.226. The van der Waals surface area contributed by atoms with Crippen LogP contribution in [0.2, 0.25) is 0 Å². The van der Waals surface area contributed by atoms with Crippen LogP contribution in [0.25, 0.3) is 0 Å². The third-order valence-corrected chi connectivity index (χ3v) is 4.60. The van der Waals surface area contributed by atoms with Crippen LogP contribution in [0.3, 0.4) is 0 Å². The van der Waals surface area contributed by atoms with E-state index in [-0.39, 0.29) is 12.5 Å². The molecule has 154 valence electrons. The van der Waals surface area contributed by atoms with E-state index in [1.807, 2.05) is 4.90 Å². The maximum Gasteiger partial charge on any atom is 0.416 e. The SMILES string of the molecule is C=CC(=O)N1CCN(c2nccnc2Nc2ccc(C(F)(F)F)cc2)C[C@@H]1CO. The number of aliphatic hydroxyl groups is 1. The van der Waals surface area contributed by atoms with Gasteiger partial charge in [-0.2, -0.15) is 13.2 Å². The lowest BCUT2D eigenvalue weighted by molar-refractivity contribution is -0.137. The number of alkyl halides is 3. The number of nitrogens with one attached hydrogen (secondary N) is 1. The van der Waals surface area contributed by atoms with Gasteiger partial charge in [0.25, 0.3) is 0 Å². The van der Waals surface area contributed by atoms with Gasteiger partial charge in [-0.1, -0.05) is 6.58 Å². The predicted octanol–water partition coefficient (Wildman–Crippen LogP) is 2.43. The van der Waals surface area contributed by atoms with Crippen LogP contribution in [0.1, 0.15) is 5.56 Å². The molecule has 1 aliphatic rings. The van der Waals surface area contributed by atoms with Crippen LogP contribution in [0.5, 0.6) is 0 Å². The second kappa shape index (κ2) is 8.48. The van der Waals surface area contributed by atoms with E-state index in [1.165, 1.54) is 30.6 Å². The van der Waals surface area contributed by atoms with Gasteiger partial charge >= 0.3 is 6.18 Å². The molecule has 2 heterocycles. The Bertz CT molecular complexity index is 873. The zero-order valence-electron chi connectivity index (χ0n) is 15.4. The molecule has 1 aromatic carbocycles. The minimum Gasteiger partial charge on any atom is -0.394 e. The van der Waals surface area contributed by atoms with Crippen LogP contribution in [0.4, 0.5) is 30.5 Å². The van der Waals surface area contributed by atoms with Crippen molar-refractivity contribution in [2.24, 2.45) is 0 Å². The van der Waals surface area contributed by atoms with Crippen LogP contribution < -0.4 is 10.2 Å². The highest BCUT2D eigenvalue weighted by molar-refractivity contribution is 5.87. The molecule has 1 aliphatic heterocycles. The molecule has 0 unspecified atom stereocenters. The molecule has 0 saturated carbocycles. The molecule has 1 amide bonds. The highest BCUT2D eigenvalue weighted by Gasteiger charge is 2.31. The van der Waals surface area contributed by atoms with Gasteiger partial charge in [-0.05, 0) is 30.3 Å². The van der Waals surface area contributed by atoms with E-state index in [0.29, 0.717) is 37.0 Å². The molecule has 3 rings (SSSR count). The first-order valence-electron chi connectivity index (χ1n) is 8.87. The number of aliphatic hydroxyl groups excluding tert-OH is 1. The van der Waals surface area contributed by atoms with E-state index in [2.05, 4.69) is 21.9 Å². The lowest BCUT2D eigenvalue weighted by atomic mass is 10.1. The minimum absolute atomic E-state index is 0.224. The summed E-state index contributed by atoms with van der Waals surface area (Å²) in [6, 6.07) is 4.17. The van der Waals surface area contributed by atoms with Gasteiger partial charge in [-0.25, -0.2) is 9.97 Å². The van der Waals surface area contributed by atoms with E-state index in [4.69, 9.17) is 0 Å². The predicted molar refractivity (Wildman–Crippen MR) is 102 cm³/mol. The molecule has 0 aliphatic carbocycles. The largest absolute Gasteiger partial charge is 0.416 e. The standard InChI is InChI=1S/C19H20F3N5O2/c1-2-16(29)27-10-9-26(11-15(27)12-28)18-17(23-7-8-24-18)25-14-5-3-13(4-6-14)19(20,21)22/h2-8,15,28H,1,9-12H2,(H,23,25)/t15-/m1/s1. The Morgan fingerprint density at radius 3 is 2.55 bits per heavy atom. The van der Waals surface area contributed by atoms with Crippen LogP contribution in [-0.4, -0.2) is 58.2 Å². The molecule has 2 aromatic rings. The van der Waals surface area contributed by atoms with E-state index in [9.17, 15) is 23.1 Å². The van der Waals surface area contributed by atoms with E-state index < -0.39 is 17.8 Å². The zero-order valence-corrected chi connectivity index (χ0v) is 15.4. The Morgan fingerprint density at radius 2 is 1.93 bits per heavy atom. The summed E-state index contributed by atoms with van der Waals surface area (Å²) < 4.78 is 38.2. The fourth-order valence-corrected chi connectivity index (χ4v) is 3.14. The van der Waals surface area contributed by atoms with Crippen molar-refractivity contribution in [3.63, 3.8) is 0 Å². The quantitative estimate of drug-likeness (QED) is 0.741. The van der Waals surface area contributed by atoms with Crippen LogP contribution in [0, 0.1) is 0 Å². The molecule has 1 aromatic heterocycles. The number of hydrogen-bond donors (Lipinski definition) is 2. The van der Waals surface area contributed by atoms with Crippen molar-refractivity contribution in [3.05, 3.63) is 54.9 Å². The topological polar surface area (TPSA) is 81.6 Å². The first kappa shape index (κ1) is 20.6. The normalized spacial score (nSPS) is 17.2. The third-order valence-electron chi connectivity index (χ3n) is 4.60. The van der Waals surface area contributed by atoms with Crippen molar-refractivity contribution in [1.29, 1.82) is 0 Å². The lowest BCUT2D eigenvalue weighted by Crippen LogP contribution is -2.56. The van der Waals surface area contributed by atoms with Crippen molar-refractivity contribution in [2.45, 2.75) is 12.2 Å². The summed E-state index contributed by atoms with van der Waals surface area (Å²) >= 11 is 0. The molecular weight excluding hydrogens is 387 g/mol. The maximum absolute atomic E-state index is 12.7. The molecule has 1 fully saturated rings. The summed E-state index contributed by atoms with van der Waals surface area (Å²) in [6.45, 7) is 4.40. The number of carbonyl (C=O) groups excluding carboxylic acids is 1. The first-order valence-corrected chi connectivity index (χ1v) is 8.87. The van der Waals surface area contributed by atoms with Crippen LogP contribution in [-0.2, 0) is 11.0 Å². The van der Waals surface area contributed by atoms with Crippen molar-refractivity contribution in [1.82, 2.24) is 14.9 Å². The fraction of sp³-hybridized carbons (Fsp3) is 0.316. The minimum atomic E-state index is -4.40. The Labute approximate surface area is 165 Å². The molecule has 1 saturated heterocycles. The molecule has 10 heteroatoms. The van der Waals surface area contributed by atoms with E-state index in [0.717, 1.165) is 12.1 Å². The number of nitrogens with zero attached hydrogens (tertiary/aromatic N) is 4. The summed E-state index contributed by atoms with van der Waals surface area (Å²) in [5.74, 6) is 0.593. The number of anilines is 3. The highest BCUT2D eigenvalue weighted by Crippen LogP contribution is 2.31. The maximum atomic E-state index is 12.7. The van der Waals surface area contributed by atoms with E-state index in [1.54, 1.807) is 4.90 Å². The average Bonchev–Trinajstić information content (AvgIpc) is 2.73. The van der Waals surface area contributed by atoms with Crippen molar-refractivity contribution >= 4 is 23.2 Å². The number of amides is 1. The fourth-order valence-electron chi connectivity index (χ4n) is 3.14. The number of rotatable bonds is 5. The zero-order chi connectivity index (χ0) is 21.0. The van der Waals surface area contributed by atoms with Gasteiger partial charge in [0.2, 0.25) is 5.91 Å². The summed E-state index contributed by atoms with van der Waals surface area (Å²) in [7, 11) is 0. The smallest absolute Gasteiger partial charge is 0.394 e. The van der Waals surface area contributed by atoms with Gasteiger partial charge < -0.3 is 20.2 Å². The molecule has 29 heavy (non-hydrogen) atoms. The molecule has 2 N–H and O–H groups in total. The summed E-state index contributed by atoms with van der Waals surface area (Å²) in [5, 5.41) is 12.7. The van der Waals surface area contributed by atoms with Crippen LogP contribution in [0.15, 0.2) is 49.3 Å². The number of halogens is 3. The van der Waals surface area contributed by atoms with E-state index >= 15 is 0 Å². The number of hydrogen-bond acceptors (Lipinski definition) is 6. The molecule has 7 nitrogen and oxygen atoms in total.